The van der Waals surface area contributed by atoms with Crippen LogP contribution in [0, 0.1) is 6.92 Å². The molecule has 7 heteroatoms. The van der Waals surface area contributed by atoms with Crippen LogP contribution in [0.3, 0.4) is 0 Å². The molecule has 0 aliphatic carbocycles. The first-order chi connectivity index (χ1) is 11.1. The topological polar surface area (TPSA) is 77.2 Å². The van der Waals surface area contributed by atoms with Gasteiger partial charge in [-0.2, -0.15) is 4.73 Å². The number of fused-ring (bicyclic) bond motifs is 1. The zero-order valence-corrected chi connectivity index (χ0v) is 13.7. The van der Waals surface area contributed by atoms with Crippen molar-refractivity contribution in [3.8, 4) is 11.3 Å². The third-order valence-corrected chi connectivity index (χ3v) is 4.19. The number of carboxylic acids is 1. The number of para-hydroxylation sites is 1. The van der Waals surface area contributed by atoms with E-state index >= 15 is 0 Å². The maximum absolute atomic E-state index is 11.5. The largest absolute Gasteiger partial charge is 0.478 e. The van der Waals surface area contributed by atoms with Crippen LogP contribution in [0.25, 0.3) is 22.2 Å². The van der Waals surface area contributed by atoms with Crippen molar-refractivity contribution in [1.82, 2.24) is 14.7 Å². The molecule has 2 heterocycles. The lowest BCUT2D eigenvalue weighted by Crippen LogP contribution is -2.05. The normalized spacial score (nSPS) is 10.9. The highest BCUT2D eigenvalue weighted by Crippen LogP contribution is 2.33. The Kier molecular flexibility index (Phi) is 3.96. The molecular formula is C16H15N3O3S. The third kappa shape index (κ3) is 2.53. The summed E-state index contributed by atoms with van der Waals surface area (Å²) in [7, 11) is 1.57. The van der Waals surface area contributed by atoms with E-state index < -0.39 is 5.97 Å². The Morgan fingerprint density at radius 2 is 2.17 bits per heavy atom. The van der Waals surface area contributed by atoms with Gasteiger partial charge < -0.3 is 9.94 Å². The highest BCUT2D eigenvalue weighted by molar-refractivity contribution is 7.98. The predicted molar refractivity (Wildman–Crippen MR) is 88.9 cm³/mol. The maximum Gasteiger partial charge on any atom is 0.339 e. The minimum Gasteiger partial charge on any atom is -0.478 e. The molecule has 0 spiro atoms. The van der Waals surface area contributed by atoms with Crippen molar-refractivity contribution in [2.24, 2.45) is 0 Å². The Morgan fingerprint density at radius 3 is 2.83 bits per heavy atom. The van der Waals surface area contributed by atoms with Gasteiger partial charge in [-0.25, -0.2) is 14.8 Å². The van der Waals surface area contributed by atoms with E-state index in [0.29, 0.717) is 16.4 Å². The van der Waals surface area contributed by atoms with Crippen molar-refractivity contribution in [3.05, 3.63) is 41.7 Å². The van der Waals surface area contributed by atoms with Crippen molar-refractivity contribution in [1.29, 1.82) is 0 Å². The van der Waals surface area contributed by atoms with Gasteiger partial charge in [0.1, 0.15) is 12.7 Å². The average Bonchev–Trinajstić information content (AvgIpc) is 2.94. The Hall–Kier alpha value is -2.54. The van der Waals surface area contributed by atoms with Crippen LogP contribution >= 0.6 is 11.8 Å². The summed E-state index contributed by atoms with van der Waals surface area (Å²) in [4.78, 5) is 25.4. The lowest BCUT2D eigenvalue weighted by atomic mass is 10.0. The molecule has 1 aromatic carbocycles. The van der Waals surface area contributed by atoms with Crippen molar-refractivity contribution >= 4 is 28.6 Å². The van der Waals surface area contributed by atoms with Crippen LogP contribution in [0.2, 0.25) is 0 Å². The summed E-state index contributed by atoms with van der Waals surface area (Å²) < 4.78 is 1.63. The van der Waals surface area contributed by atoms with Gasteiger partial charge >= 0.3 is 5.97 Å². The fourth-order valence-corrected chi connectivity index (χ4v) is 2.92. The minimum atomic E-state index is -1.06. The maximum atomic E-state index is 11.5. The second-order valence-electron chi connectivity index (χ2n) is 4.95. The Balaban J connectivity index is 2.37. The second-order valence-corrected chi connectivity index (χ2v) is 5.72. The molecule has 0 bridgehead atoms. The number of aromatic nitrogens is 3. The highest BCUT2D eigenvalue weighted by atomic mass is 32.2. The number of carbonyl (C=O) groups is 1. The molecule has 0 saturated heterocycles. The lowest BCUT2D eigenvalue weighted by Gasteiger charge is -2.05. The lowest BCUT2D eigenvalue weighted by molar-refractivity contribution is 0.0696. The predicted octanol–water partition coefficient (Wildman–Crippen LogP) is 2.89. The Bertz CT molecular complexity index is 905. The van der Waals surface area contributed by atoms with Gasteiger partial charge in [0, 0.05) is 17.1 Å². The summed E-state index contributed by atoms with van der Waals surface area (Å²) in [6.07, 6.45) is 4.96. The second kappa shape index (κ2) is 5.92. The highest BCUT2D eigenvalue weighted by Gasteiger charge is 2.20. The van der Waals surface area contributed by atoms with Crippen LogP contribution in [-0.2, 0) is 0 Å². The molecule has 2 aromatic heterocycles. The van der Waals surface area contributed by atoms with E-state index in [1.165, 1.54) is 18.0 Å². The van der Waals surface area contributed by atoms with Crippen LogP contribution in [0.15, 0.2) is 35.7 Å². The average molecular weight is 329 g/mol. The van der Waals surface area contributed by atoms with Crippen LogP contribution in [-0.4, -0.2) is 39.1 Å². The van der Waals surface area contributed by atoms with E-state index in [2.05, 4.69) is 9.97 Å². The van der Waals surface area contributed by atoms with Gasteiger partial charge in [-0.1, -0.05) is 30.0 Å². The van der Waals surface area contributed by atoms with Crippen LogP contribution in [0.4, 0.5) is 0 Å². The first-order valence-electron chi connectivity index (χ1n) is 6.86. The number of aromatic carboxylic acids is 1. The molecule has 0 saturated carbocycles. The monoisotopic (exact) mass is 329 g/mol. The van der Waals surface area contributed by atoms with E-state index in [9.17, 15) is 9.90 Å². The number of hydrogen-bond donors (Lipinski definition) is 1. The van der Waals surface area contributed by atoms with E-state index in [1.54, 1.807) is 18.0 Å². The van der Waals surface area contributed by atoms with E-state index in [0.717, 1.165) is 16.5 Å². The molecule has 0 radical (unpaired) electrons. The molecule has 0 fully saturated rings. The molecule has 3 rings (SSSR count). The molecule has 0 amide bonds. The molecule has 23 heavy (non-hydrogen) atoms. The van der Waals surface area contributed by atoms with Gasteiger partial charge in [-0.05, 0) is 18.7 Å². The van der Waals surface area contributed by atoms with Gasteiger partial charge in [0.25, 0.3) is 0 Å². The molecule has 0 atom stereocenters. The van der Waals surface area contributed by atoms with Crippen molar-refractivity contribution in [2.75, 3.05) is 13.4 Å². The Labute approximate surface area is 137 Å². The molecule has 118 valence electrons. The number of rotatable bonds is 4. The van der Waals surface area contributed by atoms with Crippen molar-refractivity contribution in [2.45, 2.75) is 12.1 Å². The summed E-state index contributed by atoms with van der Waals surface area (Å²) in [6.45, 7) is 1.98. The van der Waals surface area contributed by atoms with E-state index in [4.69, 9.17) is 4.84 Å². The first kappa shape index (κ1) is 15.4. The fraction of sp³-hybridized carbons (Fsp3) is 0.188. The van der Waals surface area contributed by atoms with Crippen molar-refractivity contribution in [3.63, 3.8) is 0 Å². The van der Waals surface area contributed by atoms with Crippen molar-refractivity contribution < 1.29 is 14.7 Å². The molecule has 0 aliphatic heterocycles. The van der Waals surface area contributed by atoms with Crippen LogP contribution < -0.4 is 4.84 Å². The molecular weight excluding hydrogens is 314 g/mol. The summed E-state index contributed by atoms with van der Waals surface area (Å²) >= 11 is 1.37. The number of nitrogens with zero attached hydrogens (tertiary/aromatic N) is 3. The van der Waals surface area contributed by atoms with E-state index in [-0.39, 0.29) is 5.56 Å². The quantitative estimate of drug-likeness (QED) is 0.586. The van der Waals surface area contributed by atoms with Gasteiger partial charge in [0.2, 0.25) is 0 Å². The SMILES string of the molecule is COn1cc(-c2nc(SC)ncc2C(=O)O)c2cccc(C)c21. The number of carboxylic acid groups (broad SMARTS) is 1. The molecule has 0 aliphatic rings. The molecule has 0 unspecified atom stereocenters. The van der Waals surface area contributed by atoms with Gasteiger partial charge in [-0.3, -0.25) is 0 Å². The van der Waals surface area contributed by atoms with Gasteiger partial charge in [0.15, 0.2) is 5.16 Å². The first-order valence-corrected chi connectivity index (χ1v) is 8.09. The zero-order valence-electron chi connectivity index (χ0n) is 12.9. The third-order valence-electron chi connectivity index (χ3n) is 3.63. The Morgan fingerprint density at radius 1 is 1.39 bits per heavy atom. The summed E-state index contributed by atoms with van der Waals surface area (Å²) in [6, 6.07) is 5.84. The van der Waals surface area contributed by atoms with Crippen LogP contribution in [0.1, 0.15) is 15.9 Å². The summed E-state index contributed by atoms with van der Waals surface area (Å²) in [5.74, 6) is -1.06. The fourth-order valence-electron chi connectivity index (χ4n) is 2.58. The summed E-state index contributed by atoms with van der Waals surface area (Å²) in [5.41, 5.74) is 3.10. The van der Waals surface area contributed by atoms with E-state index in [1.807, 2.05) is 31.4 Å². The minimum absolute atomic E-state index is 0.0689. The summed E-state index contributed by atoms with van der Waals surface area (Å²) in [5, 5.41) is 10.9. The molecule has 6 nitrogen and oxygen atoms in total. The smallest absolute Gasteiger partial charge is 0.339 e. The molecule has 1 N–H and O–H groups in total. The van der Waals surface area contributed by atoms with Gasteiger partial charge in [0.05, 0.1) is 17.4 Å². The standard InChI is InChI=1S/C16H15N3O3S/c1-9-5-4-6-10-12(8-19(22-2)14(9)10)13-11(15(20)21)7-17-16(18-13)23-3/h4-8H,1-3H3,(H,20,21). The zero-order chi connectivity index (χ0) is 16.6. The number of benzene rings is 1. The number of thioether (sulfide) groups is 1. The number of hydrogen-bond acceptors (Lipinski definition) is 5. The number of aryl methyl sites for hydroxylation is 1. The van der Waals surface area contributed by atoms with Crippen LogP contribution in [0.5, 0.6) is 0 Å². The van der Waals surface area contributed by atoms with Gasteiger partial charge in [-0.15, -0.1) is 0 Å². The molecule has 3 aromatic rings.